The zero-order valence-corrected chi connectivity index (χ0v) is 17.3. The molecule has 0 unspecified atom stereocenters. The van der Waals surface area contributed by atoms with Gasteiger partial charge in [0, 0.05) is 19.2 Å². The highest BCUT2D eigenvalue weighted by Gasteiger charge is 2.40. The fourth-order valence-corrected chi connectivity index (χ4v) is 4.42. The van der Waals surface area contributed by atoms with Crippen LogP contribution in [0, 0.1) is 0 Å². The largest absolute Gasteiger partial charge is 0.354 e. The Kier molecular flexibility index (Phi) is 7.77. The summed E-state index contributed by atoms with van der Waals surface area (Å²) < 4.78 is 26.3. The number of sulfonamides is 1. The quantitative estimate of drug-likeness (QED) is 0.573. The Hall–Kier alpha value is -2.19. The molecule has 1 fully saturated rings. The van der Waals surface area contributed by atoms with Crippen molar-refractivity contribution in [2.75, 3.05) is 13.1 Å². The van der Waals surface area contributed by atoms with Gasteiger partial charge in [0.15, 0.2) is 0 Å². The minimum absolute atomic E-state index is 0.130. The van der Waals surface area contributed by atoms with Crippen molar-refractivity contribution in [2.24, 2.45) is 0 Å². The van der Waals surface area contributed by atoms with E-state index in [1.807, 2.05) is 6.92 Å². The first-order valence-electron chi connectivity index (χ1n) is 9.71. The summed E-state index contributed by atoms with van der Waals surface area (Å²) in [5.74, 6) is -0.466. The molecule has 3 N–H and O–H groups in total. The SMILES string of the molecule is CCNC(=O)C1(NC(=O)C=Cc2ccc(S(=O)(=O)NCC)cc2)CCCCC1. The Morgan fingerprint density at radius 3 is 2.25 bits per heavy atom. The molecule has 0 saturated heterocycles. The summed E-state index contributed by atoms with van der Waals surface area (Å²) in [7, 11) is -3.50. The van der Waals surface area contributed by atoms with Crippen LogP contribution in [0.15, 0.2) is 35.2 Å². The van der Waals surface area contributed by atoms with E-state index in [2.05, 4.69) is 15.4 Å². The van der Waals surface area contributed by atoms with Crippen molar-refractivity contribution in [3.63, 3.8) is 0 Å². The van der Waals surface area contributed by atoms with Gasteiger partial charge in [-0.1, -0.05) is 38.3 Å². The summed E-state index contributed by atoms with van der Waals surface area (Å²) in [5.41, 5.74) is -0.152. The van der Waals surface area contributed by atoms with Gasteiger partial charge in [0.05, 0.1) is 4.90 Å². The van der Waals surface area contributed by atoms with Crippen LogP contribution in [0.5, 0.6) is 0 Å². The number of carbonyl (C=O) groups excluding carboxylic acids is 2. The van der Waals surface area contributed by atoms with Crippen LogP contribution in [0.4, 0.5) is 0 Å². The normalized spacial score (nSPS) is 16.6. The van der Waals surface area contributed by atoms with Crippen LogP contribution >= 0.6 is 0 Å². The number of hydrogen-bond acceptors (Lipinski definition) is 4. The molecule has 154 valence electrons. The second-order valence-corrected chi connectivity index (χ2v) is 8.66. The molecule has 1 aromatic rings. The maximum Gasteiger partial charge on any atom is 0.245 e. The fourth-order valence-electron chi connectivity index (χ4n) is 3.37. The van der Waals surface area contributed by atoms with E-state index >= 15 is 0 Å². The second-order valence-electron chi connectivity index (χ2n) is 6.90. The smallest absolute Gasteiger partial charge is 0.245 e. The maximum atomic E-state index is 12.5. The van der Waals surface area contributed by atoms with E-state index < -0.39 is 15.6 Å². The van der Waals surface area contributed by atoms with E-state index in [0.29, 0.717) is 31.5 Å². The predicted octanol–water partition coefficient (Wildman–Crippen LogP) is 1.95. The topological polar surface area (TPSA) is 104 Å². The highest BCUT2D eigenvalue weighted by Crippen LogP contribution is 2.28. The third-order valence-corrected chi connectivity index (χ3v) is 6.35. The van der Waals surface area contributed by atoms with Crippen molar-refractivity contribution < 1.29 is 18.0 Å². The zero-order valence-electron chi connectivity index (χ0n) is 16.5. The minimum atomic E-state index is -3.50. The Labute approximate surface area is 167 Å². The third kappa shape index (κ3) is 5.65. The van der Waals surface area contributed by atoms with Gasteiger partial charge in [0.25, 0.3) is 0 Å². The van der Waals surface area contributed by atoms with Crippen LogP contribution in [0.1, 0.15) is 51.5 Å². The summed E-state index contributed by atoms with van der Waals surface area (Å²) in [4.78, 5) is 25.1. The molecule has 1 saturated carbocycles. The van der Waals surface area contributed by atoms with Crippen molar-refractivity contribution >= 4 is 27.9 Å². The summed E-state index contributed by atoms with van der Waals surface area (Å²) in [6.07, 6.45) is 7.13. The average molecular weight is 408 g/mol. The van der Waals surface area contributed by atoms with Crippen LogP contribution in [-0.2, 0) is 19.6 Å². The lowest BCUT2D eigenvalue weighted by atomic mass is 9.80. The van der Waals surface area contributed by atoms with E-state index in [4.69, 9.17) is 0 Å². The van der Waals surface area contributed by atoms with Gasteiger partial charge in [-0.2, -0.15) is 0 Å². The van der Waals surface area contributed by atoms with Gasteiger partial charge in [-0.3, -0.25) is 9.59 Å². The second kappa shape index (κ2) is 9.84. The predicted molar refractivity (Wildman–Crippen MR) is 109 cm³/mol. The molecule has 2 amide bonds. The number of likely N-dealkylation sites (N-methyl/N-ethyl adjacent to an activating group) is 1. The number of amides is 2. The average Bonchev–Trinajstić information content (AvgIpc) is 2.67. The summed E-state index contributed by atoms with van der Waals surface area (Å²) in [6, 6.07) is 6.25. The molecular weight excluding hydrogens is 378 g/mol. The van der Waals surface area contributed by atoms with Crippen LogP contribution in [0.3, 0.4) is 0 Å². The van der Waals surface area contributed by atoms with E-state index in [1.165, 1.54) is 18.2 Å². The van der Waals surface area contributed by atoms with Gasteiger partial charge in [0.1, 0.15) is 5.54 Å². The van der Waals surface area contributed by atoms with Gasteiger partial charge >= 0.3 is 0 Å². The molecule has 2 rings (SSSR count). The molecule has 0 bridgehead atoms. The molecule has 0 atom stereocenters. The van der Waals surface area contributed by atoms with Crippen molar-refractivity contribution in [1.29, 1.82) is 0 Å². The van der Waals surface area contributed by atoms with E-state index in [-0.39, 0.29) is 16.7 Å². The maximum absolute atomic E-state index is 12.5. The van der Waals surface area contributed by atoms with Crippen LogP contribution in [0.25, 0.3) is 6.08 Å². The summed E-state index contributed by atoms with van der Waals surface area (Å²) in [5, 5.41) is 5.72. The number of carbonyl (C=O) groups is 2. The molecular formula is C20H29N3O4S. The molecule has 0 aliphatic heterocycles. The van der Waals surface area contributed by atoms with Crippen molar-refractivity contribution in [3.8, 4) is 0 Å². The van der Waals surface area contributed by atoms with Gasteiger partial charge in [0.2, 0.25) is 21.8 Å². The van der Waals surface area contributed by atoms with Crippen molar-refractivity contribution in [1.82, 2.24) is 15.4 Å². The lowest BCUT2D eigenvalue weighted by Crippen LogP contribution is -2.59. The molecule has 8 heteroatoms. The molecule has 0 aromatic heterocycles. The summed E-state index contributed by atoms with van der Waals surface area (Å²) in [6.45, 7) is 4.41. The summed E-state index contributed by atoms with van der Waals surface area (Å²) >= 11 is 0. The zero-order chi connectivity index (χ0) is 20.6. The first-order chi connectivity index (χ1) is 13.3. The Morgan fingerprint density at radius 1 is 1.04 bits per heavy atom. The first-order valence-corrected chi connectivity index (χ1v) is 11.2. The fraction of sp³-hybridized carbons (Fsp3) is 0.500. The van der Waals surface area contributed by atoms with Gasteiger partial charge in [-0.15, -0.1) is 0 Å². The molecule has 1 aliphatic carbocycles. The molecule has 0 heterocycles. The first kappa shape index (κ1) is 22.1. The monoisotopic (exact) mass is 407 g/mol. The van der Waals surface area contributed by atoms with E-state index in [0.717, 1.165) is 19.3 Å². The van der Waals surface area contributed by atoms with Crippen molar-refractivity contribution in [3.05, 3.63) is 35.9 Å². The molecule has 1 aliphatic rings. The highest BCUT2D eigenvalue weighted by atomic mass is 32.2. The van der Waals surface area contributed by atoms with Gasteiger partial charge in [-0.25, -0.2) is 13.1 Å². The Morgan fingerprint density at radius 2 is 1.68 bits per heavy atom. The number of nitrogens with one attached hydrogen (secondary N) is 3. The van der Waals surface area contributed by atoms with E-state index in [1.54, 1.807) is 25.1 Å². The number of rotatable bonds is 8. The van der Waals surface area contributed by atoms with Gasteiger partial charge in [-0.05, 0) is 43.5 Å². The third-order valence-electron chi connectivity index (χ3n) is 4.79. The van der Waals surface area contributed by atoms with Crippen LogP contribution in [0.2, 0.25) is 0 Å². The molecule has 28 heavy (non-hydrogen) atoms. The standard InChI is InChI=1S/C20H29N3O4S/c1-3-21-19(25)20(14-6-5-7-15-20)23-18(24)13-10-16-8-11-17(12-9-16)28(26,27)22-4-2/h8-13,22H,3-7,14-15H2,1-2H3,(H,21,25)(H,23,24). The van der Waals surface area contributed by atoms with Crippen molar-refractivity contribution in [2.45, 2.75) is 56.4 Å². The van der Waals surface area contributed by atoms with Crippen LogP contribution < -0.4 is 15.4 Å². The lowest BCUT2D eigenvalue weighted by Gasteiger charge is -2.36. The Bertz CT molecular complexity index is 810. The lowest BCUT2D eigenvalue weighted by molar-refractivity contribution is -0.133. The number of hydrogen-bond donors (Lipinski definition) is 3. The minimum Gasteiger partial charge on any atom is -0.354 e. The van der Waals surface area contributed by atoms with Gasteiger partial charge < -0.3 is 10.6 Å². The Balaban J connectivity index is 2.06. The highest BCUT2D eigenvalue weighted by molar-refractivity contribution is 7.89. The van der Waals surface area contributed by atoms with E-state index in [9.17, 15) is 18.0 Å². The molecule has 0 radical (unpaired) electrons. The number of benzene rings is 1. The molecule has 1 aromatic carbocycles. The van der Waals surface area contributed by atoms with Crippen LogP contribution in [-0.4, -0.2) is 38.9 Å². The molecule has 7 nitrogen and oxygen atoms in total. The molecule has 0 spiro atoms.